The van der Waals surface area contributed by atoms with Crippen molar-refractivity contribution in [2.75, 3.05) is 4.90 Å². The van der Waals surface area contributed by atoms with Gasteiger partial charge in [-0.25, -0.2) is 0 Å². The van der Waals surface area contributed by atoms with Crippen molar-refractivity contribution in [1.29, 1.82) is 0 Å². The third kappa shape index (κ3) is 2.81. The predicted octanol–water partition coefficient (Wildman–Crippen LogP) is 3.77. The Morgan fingerprint density at radius 3 is 2.50 bits per heavy atom. The van der Waals surface area contributed by atoms with Crippen LogP contribution in [-0.2, 0) is 13.6 Å². The van der Waals surface area contributed by atoms with Gasteiger partial charge in [-0.15, -0.1) is 0 Å². The van der Waals surface area contributed by atoms with Gasteiger partial charge in [-0.1, -0.05) is 17.7 Å². The Labute approximate surface area is 129 Å². The monoisotopic (exact) mass is 294 g/mol. The number of anilines is 1. The smallest absolute Gasteiger partial charge is 0.275 e. The van der Waals surface area contributed by atoms with Crippen LogP contribution >= 0.6 is 0 Å². The fraction of sp³-hybridized carbons (Fsp3) is 0.167. The van der Waals surface area contributed by atoms with Crippen LogP contribution in [0.4, 0.5) is 5.69 Å². The molecule has 0 N–H and O–H groups in total. The van der Waals surface area contributed by atoms with Gasteiger partial charge in [0.2, 0.25) is 0 Å². The van der Waals surface area contributed by atoms with Crippen molar-refractivity contribution in [3.05, 3.63) is 78.0 Å². The van der Waals surface area contributed by atoms with Gasteiger partial charge < -0.3 is 8.98 Å². The minimum absolute atomic E-state index is 0.0484. The van der Waals surface area contributed by atoms with Crippen molar-refractivity contribution in [3.63, 3.8) is 0 Å². The number of aryl methyl sites for hydroxylation is 2. The van der Waals surface area contributed by atoms with Gasteiger partial charge >= 0.3 is 0 Å². The number of hydrogen-bond acceptors (Lipinski definition) is 2. The van der Waals surface area contributed by atoms with E-state index in [0.717, 1.165) is 17.0 Å². The molecule has 0 saturated heterocycles. The summed E-state index contributed by atoms with van der Waals surface area (Å²) in [4.78, 5) is 14.6. The first-order valence-corrected chi connectivity index (χ1v) is 7.17. The zero-order valence-corrected chi connectivity index (χ0v) is 12.7. The standard InChI is InChI=1S/C18H18N2O2/c1-14-7-9-15(10-8-14)20(13-16-5-4-12-22-16)18(21)17-6-3-11-19(17)2/h3-12H,13H2,1-2H3. The quantitative estimate of drug-likeness (QED) is 0.734. The number of carbonyl (C=O) groups excluding carboxylic acids is 1. The number of aromatic nitrogens is 1. The summed E-state index contributed by atoms with van der Waals surface area (Å²) >= 11 is 0. The Hall–Kier alpha value is -2.75. The summed E-state index contributed by atoms with van der Waals surface area (Å²) in [5, 5.41) is 0. The molecule has 0 spiro atoms. The Kier molecular flexibility index (Phi) is 3.83. The Morgan fingerprint density at radius 1 is 1.14 bits per heavy atom. The molecule has 0 aliphatic carbocycles. The highest BCUT2D eigenvalue weighted by Crippen LogP contribution is 2.21. The highest BCUT2D eigenvalue weighted by Gasteiger charge is 2.21. The van der Waals surface area contributed by atoms with Crippen molar-refractivity contribution < 1.29 is 9.21 Å². The Bertz CT molecular complexity index is 755. The van der Waals surface area contributed by atoms with Gasteiger partial charge in [0.05, 0.1) is 12.8 Å². The van der Waals surface area contributed by atoms with Crippen LogP contribution in [0.2, 0.25) is 0 Å². The number of amides is 1. The second-order valence-electron chi connectivity index (χ2n) is 5.31. The zero-order valence-electron chi connectivity index (χ0n) is 12.7. The van der Waals surface area contributed by atoms with Crippen LogP contribution in [0.25, 0.3) is 0 Å². The molecular weight excluding hydrogens is 276 g/mol. The van der Waals surface area contributed by atoms with E-state index in [4.69, 9.17) is 4.42 Å². The summed E-state index contributed by atoms with van der Waals surface area (Å²) in [5.41, 5.74) is 2.66. The average molecular weight is 294 g/mol. The molecule has 0 unspecified atom stereocenters. The van der Waals surface area contributed by atoms with Crippen LogP contribution in [0.1, 0.15) is 21.8 Å². The second-order valence-corrected chi connectivity index (χ2v) is 5.31. The summed E-state index contributed by atoms with van der Waals surface area (Å²) in [5.74, 6) is 0.705. The summed E-state index contributed by atoms with van der Waals surface area (Å²) in [6.45, 7) is 2.43. The summed E-state index contributed by atoms with van der Waals surface area (Å²) in [6.07, 6.45) is 3.49. The SMILES string of the molecule is Cc1ccc(N(Cc2ccco2)C(=O)c2cccn2C)cc1. The van der Waals surface area contributed by atoms with Gasteiger partial charge in [0, 0.05) is 18.9 Å². The number of rotatable bonds is 4. The molecule has 4 nitrogen and oxygen atoms in total. The van der Waals surface area contributed by atoms with Crippen LogP contribution in [-0.4, -0.2) is 10.5 Å². The lowest BCUT2D eigenvalue weighted by Gasteiger charge is -2.22. The van der Waals surface area contributed by atoms with Crippen molar-refractivity contribution in [2.24, 2.45) is 7.05 Å². The van der Waals surface area contributed by atoms with Gasteiger partial charge in [0.25, 0.3) is 5.91 Å². The zero-order chi connectivity index (χ0) is 15.5. The molecular formula is C18H18N2O2. The summed E-state index contributed by atoms with van der Waals surface area (Å²) in [6, 6.07) is 15.3. The first-order chi connectivity index (χ1) is 10.6. The highest BCUT2D eigenvalue weighted by atomic mass is 16.3. The molecule has 2 heterocycles. The van der Waals surface area contributed by atoms with E-state index in [9.17, 15) is 4.79 Å². The fourth-order valence-electron chi connectivity index (χ4n) is 2.39. The second kappa shape index (κ2) is 5.93. The summed E-state index contributed by atoms with van der Waals surface area (Å²) in [7, 11) is 1.87. The molecule has 3 rings (SSSR count). The average Bonchev–Trinajstić information content (AvgIpc) is 3.16. The van der Waals surface area contributed by atoms with Crippen LogP contribution in [0.5, 0.6) is 0 Å². The van der Waals surface area contributed by atoms with E-state index >= 15 is 0 Å². The normalized spacial score (nSPS) is 10.6. The van der Waals surface area contributed by atoms with Gasteiger partial charge in [0.1, 0.15) is 11.5 Å². The van der Waals surface area contributed by atoms with E-state index in [1.54, 1.807) is 11.2 Å². The third-order valence-electron chi connectivity index (χ3n) is 3.65. The molecule has 112 valence electrons. The van der Waals surface area contributed by atoms with E-state index in [1.807, 2.05) is 73.3 Å². The summed E-state index contributed by atoms with van der Waals surface area (Å²) < 4.78 is 7.23. The van der Waals surface area contributed by atoms with Crippen molar-refractivity contribution in [3.8, 4) is 0 Å². The molecule has 0 fully saturated rings. The van der Waals surface area contributed by atoms with Gasteiger partial charge in [-0.3, -0.25) is 9.69 Å². The van der Waals surface area contributed by atoms with Crippen LogP contribution in [0.15, 0.2) is 65.4 Å². The molecule has 1 aromatic carbocycles. The van der Waals surface area contributed by atoms with Gasteiger partial charge in [-0.05, 0) is 43.3 Å². The van der Waals surface area contributed by atoms with Gasteiger partial charge in [0.15, 0.2) is 0 Å². The molecule has 2 aromatic heterocycles. The molecule has 22 heavy (non-hydrogen) atoms. The number of carbonyl (C=O) groups is 1. The lowest BCUT2D eigenvalue weighted by molar-refractivity contribution is 0.0975. The molecule has 1 amide bonds. The molecule has 0 saturated carbocycles. The minimum atomic E-state index is -0.0484. The maximum absolute atomic E-state index is 12.9. The van der Waals surface area contributed by atoms with E-state index in [-0.39, 0.29) is 5.91 Å². The topological polar surface area (TPSA) is 38.4 Å². The molecule has 4 heteroatoms. The highest BCUT2D eigenvalue weighted by molar-refractivity contribution is 6.04. The predicted molar refractivity (Wildman–Crippen MR) is 85.8 cm³/mol. The van der Waals surface area contributed by atoms with E-state index in [1.165, 1.54) is 0 Å². The first-order valence-electron chi connectivity index (χ1n) is 7.17. The Balaban J connectivity index is 1.97. The molecule has 0 aliphatic heterocycles. The van der Waals surface area contributed by atoms with E-state index in [0.29, 0.717) is 12.2 Å². The third-order valence-corrected chi connectivity index (χ3v) is 3.65. The van der Waals surface area contributed by atoms with Crippen LogP contribution in [0, 0.1) is 6.92 Å². The maximum atomic E-state index is 12.9. The molecule has 0 aliphatic rings. The molecule has 0 atom stereocenters. The number of furan rings is 1. The first kappa shape index (κ1) is 14.2. The van der Waals surface area contributed by atoms with Crippen LogP contribution < -0.4 is 4.90 Å². The Morgan fingerprint density at radius 2 is 1.91 bits per heavy atom. The van der Waals surface area contributed by atoms with Crippen molar-refractivity contribution in [1.82, 2.24) is 4.57 Å². The minimum Gasteiger partial charge on any atom is -0.467 e. The lowest BCUT2D eigenvalue weighted by atomic mass is 10.2. The number of nitrogens with zero attached hydrogens (tertiary/aromatic N) is 2. The van der Waals surface area contributed by atoms with Gasteiger partial charge in [-0.2, -0.15) is 0 Å². The van der Waals surface area contributed by atoms with E-state index in [2.05, 4.69) is 0 Å². The van der Waals surface area contributed by atoms with Crippen molar-refractivity contribution in [2.45, 2.75) is 13.5 Å². The molecule has 0 bridgehead atoms. The molecule has 0 radical (unpaired) electrons. The number of benzene rings is 1. The van der Waals surface area contributed by atoms with Crippen molar-refractivity contribution >= 4 is 11.6 Å². The van der Waals surface area contributed by atoms with Crippen LogP contribution in [0.3, 0.4) is 0 Å². The van der Waals surface area contributed by atoms with E-state index < -0.39 is 0 Å². The fourth-order valence-corrected chi connectivity index (χ4v) is 2.39. The molecule has 3 aromatic rings. The number of hydrogen-bond donors (Lipinski definition) is 0. The largest absolute Gasteiger partial charge is 0.467 e. The maximum Gasteiger partial charge on any atom is 0.275 e. The lowest BCUT2D eigenvalue weighted by Crippen LogP contribution is -2.31.